The molecule has 1 aromatic rings. The van der Waals surface area contributed by atoms with Crippen molar-refractivity contribution < 1.29 is 14.6 Å². The number of hydrogen-bond acceptors (Lipinski definition) is 3. The maximum absolute atomic E-state index is 11.2. The van der Waals surface area contributed by atoms with Gasteiger partial charge < -0.3 is 9.84 Å². The Balaban J connectivity index is 2.25. The van der Waals surface area contributed by atoms with Crippen LogP contribution >= 0.6 is 23.2 Å². The van der Waals surface area contributed by atoms with Crippen LogP contribution in [0.1, 0.15) is 18.4 Å². The summed E-state index contributed by atoms with van der Waals surface area (Å²) in [7, 11) is 1.54. The minimum atomic E-state index is -0.787. The zero-order chi connectivity index (χ0) is 14.0. The van der Waals surface area contributed by atoms with Crippen molar-refractivity contribution in [2.45, 2.75) is 25.4 Å². The number of hydrogen-bond donors (Lipinski definition) is 1. The van der Waals surface area contributed by atoms with Crippen LogP contribution in [-0.4, -0.2) is 35.7 Å². The second kappa shape index (κ2) is 5.99. The zero-order valence-corrected chi connectivity index (χ0v) is 12.0. The number of carbonyl (C=O) groups is 1. The van der Waals surface area contributed by atoms with Gasteiger partial charge >= 0.3 is 5.97 Å². The monoisotopic (exact) mass is 303 g/mol. The summed E-state index contributed by atoms with van der Waals surface area (Å²) < 4.78 is 5.27. The molecule has 19 heavy (non-hydrogen) atoms. The van der Waals surface area contributed by atoms with E-state index in [9.17, 15) is 9.90 Å². The molecule has 0 amide bonds. The molecule has 1 aliphatic rings. The highest BCUT2D eigenvalue weighted by molar-refractivity contribution is 6.35. The van der Waals surface area contributed by atoms with E-state index < -0.39 is 12.0 Å². The SMILES string of the molecule is COc1c(Cl)cc(Cl)cc1CN1CCC[C@H]1C(=O)O. The summed E-state index contributed by atoms with van der Waals surface area (Å²) in [6, 6.07) is 2.94. The van der Waals surface area contributed by atoms with Crippen LogP contribution < -0.4 is 4.74 Å². The van der Waals surface area contributed by atoms with E-state index in [-0.39, 0.29) is 0 Å². The van der Waals surface area contributed by atoms with Gasteiger partial charge in [-0.2, -0.15) is 0 Å². The lowest BCUT2D eigenvalue weighted by Gasteiger charge is -2.22. The van der Waals surface area contributed by atoms with Crippen LogP contribution in [0.5, 0.6) is 5.75 Å². The number of ether oxygens (including phenoxy) is 1. The van der Waals surface area contributed by atoms with Gasteiger partial charge in [-0.05, 0) is 31.5 Å². The predicted octanol–water partition coefficient (Wildman–Crippen LogP) is 3.05. The standard InChI is InChI=1S/C13H15Cl2NO3/c1-19-12-8(5-9(14)6-10(12)15)7-16-4-2-3-11(16)13(17)18/h5-6,11H,2-4,7H2,1H3,(H,17,18)/t11-/m0/s1. The van der Waals surface area contributed by atoms with Gasteiger partial charge in [0.2, 0.25) is 0 Å². The second-order valence-corrected chi connectivity index (χ2v) is 5.39. The summed E-state index contributed by atoms with van der Waals surface area (Å²) in [5.41, 5.74) is 0.813. The Morgan fingerprint density at radius 3 is 2.89 bits per heavy atom. The number of aliphatic carboxylic acids is 1. The van der Waals surface area contributed by atoms with Crippen molar-refractivity contribution in [1.82, 2.24) is 4.90 Å². The first-order valence-corrected chi connectivity index (χ1v) is 6.77. The highest BCUT2D eigenvalue weighted by Gasteiger charge is 2.31. The number of rotatable bonds is 4. The fourth-order valence-electron chi connectivity index (χ4n) is 2.47. The van der Waals surface area contributed by atoms with Crippen molar-refractivity contribution in [3.8, 4) is 5.75 Å². The van der Waals surface area contributed by atoms with Gasteiger partial charge in [-0.1, -0.05) is 23.2 Å². The summed E-state index contributed by atoms with van der Waals surface area (Å²) in [6.07, 6.45) is 1.56. The molecule has 0 aromatic heterocycles. The molecule has 1 N–H and O–H groups in total. The molecule has 0 spiro atoms. The van der Waals surface area contributed by atoms with Crippen LogP contribution in [0.4, 0.5) is 0 Å². The number of methoxy groups -OCH3 is 1. The first kappa shape index (κ1) is 14.4. The molecule has 6 heteroatoms. The summed E-state index contributed by atoms with van der Waals surface area (Å²) in [4.78, 5) is 13.1. The van der Waals surface area contributed by atoms with Crippen LogP contribution in [0, 0.1) is 0 Å². The number of nitrogens with zero attached hydrogens (tertiary/aromatic N) is 1. The average molecular weight is 304 g/mol. The van der Waals surface area contributed by atoms with E-state index in [1.54, 1.807) is 12.1 Å². The Kier molecular flexibility index (Phi) is 4.55. The number of likely N-dealkylation sites (tertiary alicyclic amines) is 1. The Bertz CT molecular complexity index is 493. The maximum Gasteiger partial charge on any atom is 0.320 e. The summed E-state index contributed by atoms with van der Waals surface area (Å²) in [6.45, 7) is 1.23. The first-order valence-electron chi connectivity index (χ1n) is 6.01. The molecule has 1 saturated heterocycles. The van der Waals surface area contributed by atoms with Crippen molar-refractivity contribution in [3.63, 3.8) is 0 Å². The van der Waals surface area contributed by atoms with Crippen molar-refractivity contribution in [2.75, 3.05) is 13.7 Å². The molecule has 1 fully saturated rings. The van der Waals surface area contributed by atoms with Gasteiger partial charge in [0.1, 0.15) is 11.8 Å². The number of carboxylic acid groups (broad SMARTS) is 1. The maximum atomic E-state index is 11.2. The van der Waals surface area contributed by atoms with E-state index >= 15 is 0 Å². The Labute approximate surface area is 121 Å². The number of carboxylic acids is 1. The molecule has 0 saturated carbocycles. The van der Waals surface area contributed by atoms with Gasteiger partial charge in [0.25, 0.3) is 0 Å². The molecule has 1 aliphatic heterocycles. The second-order valence-electron chi connectivity index (χ2n) is 4.55. The third-order valence-corrected chi connectivity index (χ3v) is 3.81. The Morgan fingerprint density at radius 1 is 1.53 bits per heavy atom. The van der Waals surface area contributed by atoms with Crippen LogP contribution in [0.15, 0.2) is 12.1 Å². The number of benzene rings is 1. The molecule has 1 aromatic carbocycles. The predicted molar refractivity (Wildman–Crippen MR) is 74.1 cm³/mol. The quantitative estimate of drug-likeness (QED) is 0.929. The molecule has 0 aliphatic carbocycles. The lowest BCUT2D eigenvalue weighted by molar-refractivity contribution is -0.142. The Hall–Kier alpha value is -0.970. The lowest BCUT2D eigenvalue weighted by atomic mass is 10.1. The minimum Gasteiger partial charge on any atom is -0.495 e. The molecule has 4 nitrogen and oxygen atoms in total. The molecule has 1 heterocycles. The molecular formula is C13H15Cl2NO3. The topological polar surface area (TPSA) is 49.8 Å². The van der Waals surface area contributed by atoms with Crippen LogP contribution in [0.3, 0.4) is 0 Å². The van der Waals surface area contributed by atoms with Gasteiger partial charge in [-0.15, -0.1) is 0 Å². The van der Waals surface area contributed by atoms with Gasteiger partial charge in [0.05, 0.1) is 12.1 Å². The highest BCUT2D eigenvalue weighted by atomic mass is 35.5. The fourth-order valence-corrected chi connectivity index (χ4v) is 3.09. The summed E-state index contributed by atoms with van der Waals surface area (Å²) in [5, 5.41) is 10.1. The van der Waals surface area contributed by atoms with Gasteiger partial charge in [-0.3, -0.25) is 9.69 Å². The Morgan fingerprint density at radius 2 is 2.26 bits per heavy atom. The molecule has 0 bridgehead atoms. The van der Waals surface area contributed by atoms with Gasteiger partial charge in [0, 0.05) is 17.1 Å². The van der Waals surface area contributed by atoms with Crippen molar-refractivity contribution >= 4 is 29.2 Å². The molecule has 0 radical (unpaired) electrons. The first-order chi connectivity index (χ1) is 9.02. The van der Waals surface area contributed by atoms with Crippen LogP contribution in [0.2, 0.25) is 10.0 Å². The van der Waals surface area contributed by atoms with Crippen molar-refractivity contribution in [3.05, 3.63) is 27.7 Å². The van der Waals surface area contributed by atoms with Gasteiger partial charge in [0.15, 0.2) is 0 Å². The van der Waals surface area contributed by atoms with E-state index in [0.717, 1.165) is 18.5 Å². The molecular weight excluding hydrogens is 289 g/mol. The molecule has 104 valence electrons. The van der Waals surface area contributed by atoms with E-state index in [4.69, 9.17) is 27.9 Å². The average Bonchev–Trinajstić information content (AvgIpc) is 2.76. The lowest BCUT2D eigenvalue weighted by Crippen LogP contribution is -2.35. The van der Waals surface area contributed by atoms with Crippen molar-refractivity contribution in [1.29, 1.82) is 0 Å². The zero-order valence-electron chi connectivity index (χ0n) is 10.5. The molecule has 1 atom stereocenters. The minimum absolute atomic E-state index is 0.441. The third-order valence-electron chi connectivity index (χ3n) is 3.31. The van der Waals surface area contributed by atoms with Gasteiger partial charge in [-0.25, -0.2) is 0 Å². The molecule has 2 rings (SSSR count). The highest BCUT2D eigenvalue weighted by Crippen LogP contribution is 2.34. The van der Waals surface area contributed by atoms with E-state index in [2.05, 4.69) is 0 Å². The molecule has 0 unspecified atom stereocenters. The van der Waals surface area contributed by atoms with E-state index in [1.165, 1.54) is 7.11 Å². The summed E-state index contributed by atoms with van der Waals surface area (Å²) in [5.74, 6) is -0.230. The van der Waals surface area contributed by atoms with Crippen LogP contribution in [0.25, 0.3) is 0 Å². The van der Waals surface area contributed by atoms with E-state index in [1.807, 2.05) is 4.90 Å². The largest absolute Gasteiger partial charge is 0.495 e. The third kappa shape index (κ3) is 3.14. The van der Waals surface area contributed by atoms with E-state index in [0.29, 0.717) is 28.8 Å². The normalized spacial score (nSPS) is 19.6. The van der Waals surface area contributed by atoms with Crippen molar-refractivity contribution in [2.24, 2.45) is 0 Å². The van der Waals surface area contributed by atoms with Crippen LogP contribution in [-0.2, 0) is 11.3 Å². The fraction of sp³-hybridized carbons (Fsp3) is 0.462. The smallest absolute Gasteiger partial charge is 0.320 e. The number of halogens is 2. The summed E-state index contributed by atoms with van der Waals surface area (Å²) >= 11 is 12.1.